The molecule has 2 N–H and O–H groups in total. The van der Waals surface area contributed by atoms with E-state index in [0.29, 0.717) is 23.4 Å². The number of pyridine rings is 1. The van der Waals surface area contributed by atoms with E-state index in [1.807, 2.05) is 0 Å². The lowest BCUT2D eigenvalue weighted by Gasteiger charge is -2.23. The van der Waals surface area contributed by atoms with Crippen molar-refractivity contribution in [2.24, 2.45) is 5.92 Å². The second kappa shape index (κ2) is 4.98. The highest BCUT2D eigenvalue weighted by Crippen LogP contribution is 2.31. The number of aromatic nitrogens is 1. The molecule has 2 bridgehead atoms. The third-order valence-electron chi connectivity index (χ3n) is 3.91. The van der Waals surface area contributed by atoms with Crippen LogP contribution in [0.15, 0.2) is 12.1 Å². The number of hydrogen-bond donors (Lipinski definition) is 2. The average Bonchev–Trinajstić information content (AvgIpc) is 3.00. The van der Waals surface area contributed by atoms with E-state index >= 15 is 0 Å². The predicted octanol–water partition coefficient (Wildman–Crippen LogP) is 1.22. The van der Waals surface area contributed by atoms with E-state index in [2.05, 4.69) is 15.6 Å². The Balaban J connectivity index is 1.69. The Morgan fingerprint density at radius 1 is 1.53 bits per heavy atom. The normalized spacial score (nSPS) is 28.4. The summed E-state index contributed by atoms with van der Waals surface area (Å²) in [5.74, 6) is 0.992. The number of piperidine rings is 1. The monoisotopic (exact) mass is 281 g/mol. The number of nitrogens with zero attached hydrogens (tertiary/aromatic N) is 1. The third kappa shape index (κ3) is 2.40. The van der Waals surface area contributed by atoms with Gasteiger partial charge in [-0.05, 0) is 37.4 Å². The topological polar surface area (TPSA) is 63.2 Å². The summed E-state index contributed by atoms with van der Waals surface area (Å²) >= 11 is 5.92. The zero-order valence-electron chi connectivity index (χ0n) is 10.6. The molecule has 0 radical (unpaired) electrons. The molecule has 3 atom stereocenters. The first kappa shape index (κ1) is 12.7. The molecule has 1 saturated heterocycles. The fraction of sp³-hybridized carbons (Fsp3) is 0.538. The first-order valence-electron chi connectivity index (χ1n) is 6.42. The maximum Gasteiger partial charge on any atom is 0.270 e. The highest BCUT2D eigenvalue weighted by Gasteiger charge is 2.40. The van der Waals surface area contributed by atoms with Crippen LogP contribution in [-0.2, 0) is 0 Å². The molecule has 5 nitrogen and oxygen atoms in total. The predicted molar refractivity (Wildman–Crippen MR) is 71.6 cm³/mol. The van der Waals surface area contributed by atoms with Crippen molar-refractivity contribution in [1.82, 2.24) is 15.6 Å². The first-order chi connectivity index (χ1) is 9.17. The summed E-state index contributed by atoms with van der Waals surface area (Å²) in [7, 11) is 1.52. The van der Waals surface area contributed by atoms with E-state index in [1.165, 1.54) is 7.11 Å². The molecule has 1 aromatic rings. The summed E-state index contributed by atoms with van der Waals surface area (Å²) in [5, 5.41) is 6.65. The maximum absolute atomic E-state index is 12.1. The lowest BCUT2D eigenvalue weighted by Crippen LogP contribution is -2.48. The van der Waals surface area contributed by atoms with Gasteiger partial charge in [-0.15, -0.1) is 0 Å². The van der Waals surface area contributed by atoms with Crippen LogP contribution < -0.4 is 15.4 Å². The van der Waals surface area contributed by atoms with Crippen molar-refractivity contribution in [3.8, 4) is 5.75 Å². The van der Waals surface area contributed by atoms with Gasteiger partial charge in [-0.2, -0.15) is 0 Å². The number of carbonyl (C=O) groups excluding carboxylic acids is 1. The number of hydrogen-bond acceptors (Lipinski definition) is 4. The number of carbonyl (C=O) groups is 1. The summed E-state index contributed by atoms with van der Waals surface area (Å²) in [4.78, 5) is 16.2. The molecule has 1 aliphatic carbocycles. The Morgan fingerprint density at radius 2 is 2.37 bits per heavy atom. The molecule has 3 rings (SSSR count). The van der Waals surface area contributed by atoms with Gasteiger partial charge in [0.25, 0.3) is 5.91 Å². The van der Waals surface area contributed by atoms with Crippen molar-refractivity contribution >= 4 is 17.5 Å². The molecule has 1 aliphatic heterocycles. The van der Waals surface area contributed by atoms with Crippen LogP contribution in [0.5, 0.6) is 5.75 Å². The second-order valence-corrected chi connectivity index (χ2v) is 5.48. The summed E-state index contributed by atoms with van der Waals surface area (Å²) < 4.78 is 5.02. The van der Waals surface area contributed by atoms with Crippen LogP contribution in [0.25, 0.3) is 0 Å². The van der Waals surface area contributed by atoms with Gasteiger partial charge < -0.3 is 15.4 Å². The Hall–Kier alpha value is -1.33. The van der Waals surface area contributed by atoms with E-state index < -0.39 is 0 Å². The fourth-order valence-electron chi connectivity index (χ4n) is 2.96. The molecule has 3 unspecified atom stereocenters. The highest BCUT2D eigenvalue weighted by molar-refractivity contribution is 6.31. The molecule has 2 heterocycles. The molecular formula is C13H16ClN3O2. The quantitative estimate of drug-likeness (QED) is 0.818. The summed E-state index contributed by atoms with van der Waals surface area (Å²) in [6.45, 7) is 1.07. The van der Waals surface area contributed by atoms with Gasteiger partial charge in [-0.1, -0.05) is 11.6 Å². The van der Waals surface area contributed by atoms with Gasteiger partial charge in [0.15, 0.2) is 10.9 Å². The van der Waals surface area contributed by atoms with Crippen molar-refractivity contribution in [1.29, 1.82) is 0 Å². The SMILES string of the molecule is COc1ccc(C(=O)NC2CC3CNC2C3)nc1Cl. The van der Waals surface area contributed by atoms with Gasteiger partial charge in [0.1, 0.15) is 5.69 Å². The zero-order chi connectivity index (χ0) is 13.4. The fourth-order valence-corrected chi connectivity index (χ4v) is 3.19. The molecule has 0 aromatic carbocycles. The van der Waals surface area contributed by atoms with Crippen LogP contribution in [0.1, 0.15) is 23.3 Å². The molecule has 1 saturated carbocycles. The number of rotatable bonds is 3. The molecular weight excluding hydrogens is 266 g/mol. The molecule has 1 amide bonds. The van der Waals surface area contributed by atoms with Crippen LogP contribution in [0.4, 0.5) is 0 Å². The van der Waals surface area contributed by atoms with Gasteiger partial charge in [0.05, 0.1) is 7.11 Å². The van der Waals surface area contributed by atoms with E-state index in [0.717, 1.165) is 19.4 Å². The Labute approximate surface area is 116 Å². The van der Waals surface area contributed by atoms with Gasteiger partial charge in [0, 0.05) is 12.1 Å². The lowest BCUT2D eigenvalue weighted by molar-refractivity contribution is 0.0923. The molecule has 1 aromatic heterocycles. The number of nitrogens with one attached hydrogen (secondary N) is 2. The van der Waals surface area contributed by atoms with E-state index in [1.54, 1.807) is 12.1 Å². The number of methoxy groups -OCH3 is 1. The third-order valence-corrected chi connectivity index (χ3v) is 4.18. The van der Waals surface area contributed by atoms with Crippen molar-refractivity contribution < 1.29 is 9.53 Å². The minimum Gasteiger partial charge on any atom is -0.494 e. The number of ether oxygens (including phenoxy) is 1. The smallest absolute Gasteiger partial charge is 0.270 e. The van der Waals surface area contributed by atoms with Crippen molar-refractivity contribution in [3.63, 3.8) is 0 Å². The number of halogens is 1. The van der Waals surface area contributed by atoms with E-state index in [4.69, 9.17) is 16.3 Å². The largest absolute Gasteiger partial charge is 0.494 e. The van der Waals surface area contributed by atoms with Gasteiger partial charge in [-0.3, -0.25) is 4.79 Å². The Kier molecular flexibility index (Phi) is 3.33. The maximum atomic E-state index is 12.1. The van der Waals surface area contributed by atoms with E-state index in [-0.39, 0.29) is 17.1 Å². The first-order valence-corrected chi connectivity index (χ1v) is 6.80. The molecule has 0 spiro atoms. The van der Waals surface area contributed by atoms with Gasteiger partial charge >= 0.3 is 0 Å². The van der Waals surface area contributed by atoms with Crippen molar-refractivity contribution in [2.45, 2.75) is 24.9 Å². The average molecular weight is 282 g/mol. The van der Waals surface area contributed by atoms with Crippen LogP contribution in [-0.4, -0.2) is 36.6 Å². The van der Waals surface area contributed by atoms with Gasteiger partial charge in [0.2, 0.25) is 0 Å². The Bertz CT molecular complexity index is 509. The Morgan fingerprint density at radius 3 is 2.95 bits per heavy atom. The molecule has 2 fully saturated rings. The number of fused-ring (bicyclic) bond motifs is 2. The van der Waals surface area contributed by atoms with Gasteiger partial charge in [-0.25, -0.2) is 4.98 Å². The van der Waals surface area contributed by atoms with Crippen LogP contribution in [0.3, 0.4) is 0 Å². The highest BCUT2D eigenvalue weighted by atomic mass is 35.5. The van der Waals surface area contributed by atoms with E-state index in [9.17, 15) is 4.79 Å². The lowest BCUT2D eigenvalue weighted by atomic mass is 10.1. The molecule has 19 heavy (non-hydrogen) atoms. The van der Waals surface area contributed by atoms with Crippen LogP contribution in [0, 0.1) is 5.92 Å². The molecule has 102 valence electrons. The van der Waals surface area contributed by atoms with Crippen LogP contribution in [0.2, 0.25) is 5.15 Å². The number of amides is 1. The minimum absolute atomic E-state index is 0.177. The van der Waals surface area contributed by atoms with Crippen molar-refractivity contribution in [3.05, 3.63) is 23.0 Å². The summed E-state index contributed by atoms with van der Waals surface area (Å²) in [5.41, 5.74) is 0.327. The zero-order valence-corrected chi connectivity index (χ0v) is 11.4. The van der Waals surface area contributed by atoms with Crippen molar-refractivity contribution in [2.75, 3.05) is 13.7 Å². The molecule has 2 aliphatic rings. The summed E-state index contributed by atoms with van der Waals surface area (Å²) in [6.07, 6.45) is 2.20. The standard InChI is InChI=1S/C13H16ClN3O2/c1-19-11-3-2-8(16-12(11)14)13(18)17-10-5-7-4-9(10)15-6-7/h2-3,7,9-10,15H,4-6H2,1H3,(H,17,18). The summed E-state index contributed by atoms with van der Waals surface area (Å²) in [6, 6.07) is 3.89. The minimum atomic E-state index is -0.177. The molecule has 6 heteroatoms. The second-order valence-electron chi connectivity index (χ2n) is 5.12. The van der Waals surface area contributed by atoms with Crippen LogP contribution >= 0.6 is 11.6 Å².